The molecule has 0 fully saturated rings. The summed E-state index contributed by atoms with van der Waals surface area (Å²) in [4.78, 5) is 0. The molecule has 0 unspecified atom stereocenters. The van der Waals surface area contributed by atoms with Gasteiger partial charge in [-0.25, -0.2) is 0 Å². The molecule has 0 atom stereocenters. The summed E-state index contributed by atoms with van der Waals surface area (Å²) in [6, 6.07) is -2.51. The molecule has 12 aromatic rings. The molecule has 0 saturated heterocycles. The van der Waals surface area contributed by atoms with E-state index in [2.05, 4.69) is 0 Å². The number of hydrogen-bond donors (Lipinski definition) is 0. The number of aromatic nitrogens is 2. The van der Waals surface area contributed by atoms with Crippen LogP contribution in [0, 0.1) is 0 Å². The van der Waals surface area contributed by atoms with E-state index >= 15 is 0 Å². The highest BCUT2D eigenvalue weighted by Crippen LogP contribution is 2.41. The van der Waals surface area contributed by atoms with Crippen molar-refractivity contribution in [3.8, 4) is 44.8 Å². The zero-order valence-electron chi connectivity index (χ0n) is 54.0. The van der Waals surface area contributed by atoms with Gasteiger partial charge in [-0.05, 0) is 93.9 Å². The molecule has 0 bridgehead atoms. The van der Waals surface area contributed by atoms with Gasteiger partial charge in [0, 0.05) is 53.1 Å². The number of rotatable bonds is 5. The lowest BCUT2D eigenvalue weighted by atomic mass is 9.99. The van der Waals surface area contributed by atoms with E-state index in [9.17, 15) is 17.8 Å². The van der Waals surface area contributed by atoms with Crippen LogP contribution in [0.15, 0.2) is 206 Å². The molecule has 0 aliphatic rings. The molecule has 0 radical (unpaired) electrons. The lowest BCUT2D eigenvalue weighted by Crippen LogP contribution is -1.93. The molecule has 3 heteroatoms. The Morgan fingerprint density at radius 3 is 1.63 bits per heavy atom. The molecule has 266 valence electrons. The minimum absolute atomic E-state index is 0.0427. The second-order valence-electron chi connectivity index (χ2n) is 12.9. The van der Waals surface area contributed by atoms with Crippen LogP contribution in [0.5, 0.6) is 0 Å². The molecular weight excluding hydrogens is 709 g/mol. The highest BCUT2D eigenvalue weighted by atomic mass is 32.1. The van der Waals surface area contributed by atoms with Gasteiger partial charge in [-0.1, -0.05) is 145 Å². The fraction of sp³-hybridized carbons (Fsp3) is 0. The van der Waals surface area contributed by atoms with Crippen LogP contribution >= 0.6 is 11.3 Å². The van der Waals surface area contributed by atoms with Crippen molar-refractivity contribution in [2.45, 2.75) is 0 Å². The summed E-state index contributed by atoms with van der Waals surface area (Å²) in [5.41, 5.74) is -3.37. The zero-order chi connectivity index (χ0) is 59.2. The molecule has 3 heterocycles. The highest BCUT2D eigenvalue weighted by Gasteiger charge is 2.17. The maximum absolute atomic E-state index is 9.95. The molecule has 57 heavy (non-hydrogen) atoms. The molecule has 9 aromatic carbocycles. The molecule has 0 aliphatic carbocycles. The fourth-order valence-corrected chi connectivity index (χ4v) is 8.13. The summed E-state index contributed by atoms with van der Waals surface area (Å²) < 4.78 is 231. The normalized spacial score (nSPS) is 18.0. The van der Waals surface area contributed by atoms with Gasteiger partial charge in [-0.15, -0.1) is 11.3 Å². The number of nitrogens with zero attached hydrogens (tertiary/aromatic N) is 2. The van der Waals surface area contributed by atoms with E-state index in [0.717, 1.165) is 10.6 Å². The average Bonchev–Trinajstić information content (AvgIpc) is 1.74. The Hall–Kier alpha value is -7.20. The molecular formula is C54H34N2S. The first kappa shape index (κ1) is 16.1. The predicted molar refractivity (Wildman–Crippen MR) is 244 cm³/mol. The zero-order valence-corrected chi connectivity index (χ0v) is 29.8. The standard InChI is InChI=1S/C54H34N2S/c1-3-11-35(12-4-1)36-19-21-37(22-20-36)40-24-28-46-47-29-26-42(34-54(47)57-53(46)33-40)56-50-18-10-8-16-44(50)48-31-38(25-30-51(48)56)39-23-27-45-43-15-7-9-17-49(43)55(52(45)32-39)41-13-5-2-6-14-41/h1-34H/i3D,4D,7D,8D,9D,10D,15D,16D,17D,18D,19D,20D,21D,22D,23D,24D,25D,26D,27D,28D,29D,31D,32D,33D,34D. The van der Waals surface area contributed by atoms with Crippen molar-refractivity contribution in [1.29, 1.82) is 0 Å². The van der Waals surface area contributed by atoms with Crippen molar-refractivity contribution >= 4 is 75.1 Å². The van der Waals surface area contributed by atoms with Crippen LogP contribution in [-0.4, -0.2) is 9.13 Å². The van der Waals surface area contributed by atoms with E-state index in [1.165, 1.54) is 22.8 Å². The Bertz CT molecular complexity index is 4940. The van der Waals surface area contributed by atoms with Gasteiger partial charge in [-0.2, -0.15) is 0 Å². The van der Waals surface area contributed by atoms with Crippen LogP contribution < -0.4 is 0 Å². The first-order valence-electron chi connectivity index (χ1n) is 30.0. The second-order valence-corrected chi connectivity index (χ2v) is 14.0. The lowest BCUT2D eigenvalue weighted by Gasteiger charge is -2.10. The maximum atomic E-state index is 9.95. The van der Waals surface area contributed by atoms with E-state index in [0.29, 0.717) is 17.0 Å². The third-order valence-electron chi connectivity index (χ3n) is 9.69. The van der Waals surface area contributed by atoms with Gasteiger partial charge in [-0.3, -0.25) is 0 Å². The number of benzene rings is 9. The van der Waals surface area contributed by atoms with E-state index in [-0.39, 0.29) is 81.5 Å². The number of hydrogen-bond acceptors (Lipinski definition) is 1. The summed E-state index contributed by atoms with van der Waals surface area (Å²) in [5, 5.41) is -1.52. The van der Waals surface area contributed by atoms with E-state index in [1.807, 2.05) is 0 Å². The summed E-state index contributed by atoms with van der Waals surface area (Å²) in [7, 11) is 0. The Labute approximate surface area is 368 Å². The van der Waals surface area contributed by atoms with Crippen molar-refractivity contribution in [3.63, 3.8) is 0 Å². The number of thiophene rings is 1. The molecule has 12 rings (SSSR count). The lowest BCUT2D eigenvalue weighted by molar-refractivity contribution is 1.18. The molecule has 3 aromatic heterocycles. The summed E-state index contributed by atoms with van der Waals surface area (Å²) >= 11 is 0.660. The minimum Gasteiger partial charge on any atom is -0.309 e. The molecule has 0 spiro atoms. The van der Waals surface area contributed by atoms with Crippen LogP contribution in [0.25, 0.3) is 109 Å². The Balaban J connectivity index is 1.16. The molecule has 0 saturated carbocycles. The van der Waals surface area contributed by atoms with Gasteiger partial charge in [0.05, 0.1) is 56.3 Å². The SMILES string of the molecule is [2H]c1cc([2H])cc(-c2c([2H])c([2H])c(-c3c([2H])c([2H])c4c(sc5c([2H])c(-n6c7cc([2H])c(-c8c([2H])c([2H])c9c%10c([2H])c([2H])c([2H])c([2H])c%10n(-c%10ccccc%10)c9c8[2H])c([2H])c7c7c([2H])c([2H])c([2H])c([2H])c76)c([2H])c([2H])c54)c3[2H])c([2H])c2[2H])c1. The van der Waals surface area contributed by atoms with Gasteiger partial charge in [0.25, 0.3) is 0 Å². The van der Waals surface area contributed by atoms with Crippen molar-refractivity contribution < 1.29 is 34.3 Å². The maximum Gasteiger partial charge on any atom is 0.0660 e. The summed E-state index contributed by atoms with van der Waals surface area (Å²) in [5.74, 6) is 0. The van der Waals surface area contributed by atoms with Crippen molar-refractivity contribution in [1.82, 2.24) is 9.13 Å². The molecule has 0 amide bonds. The van der Waals surface area contributed by atoms with Crippen LogP contribution in [0.3, 0.4) is 0 Å². The van der Waals surface area contributed by atoms with Crippen LogP contribution in [0.2, 0.25) is 0 Å². The summed E-state index contributed by atoms with van der Waals surface area (Å²) in [6.07, 6.45) is 0. The molecule has 0 N–H and O–H groups in total. The monoisotopic (exact) mass is 767 g/mol. The third-order valence-corrected chi connectivity index (χ3v) is 10.7. The topological polar surface area (TPSA) is 9.86 Å². The fourth-order valence-electron chi connectivity index (χ4n) is 7.11. The Morgan fingerprint density at radius 1 is 0.316 bits per heavy atom. The Morgan fingerprint density at radius 2 is 0.877 bits per heavy atom. The minimum atomic E-state index is -0.790. The number of fused-ring (bicyclic) bond motifs is 9. The molecule has 2 nitrogen and oxygen atoms in total. The smallest absolute Gasteiger partial charge is 0.0660 e. The van der Waals surface area contributed by atoms with E-state index < -0.39 is 172 Å². The predicted octanol–water partition coefficient (Wildman–Crippen LogP) is 15.2. The van der Waals surface area contributed by atoms with Crippen molar-refractivity contribution in [3.05, 3.63) is 206 Å². The van der Waals surface area contributed by atoms with E-state index in [1.54, 1.807) is 30.3 Å². The summed E-state index contributed by atoms with van der Waals surface area (Å²) in [6.45, 7) is 0. The van der Waals surface area contributed by atoms with Crippen molar-refractivity contribution in [2.75, 3.05) is 0 Å². The number of para-hydroxylation sites is 3. The first-order chi connectivity index (χ1) is 38.7. The first-order valence-corrected chi connectivity index (χ1v) is 18.3. The Kier molecular flexibility index (Phi) is 3.58. The highest BCUT2D eigenvalue weighted by molar-refractivity contribution is 7.25. The molecule has 0 aliphatic heterocycles. The average molecular weight is 768 g/mol. The van der Waals surface area contributed by atoms with Crippen LogP contribution in [-0.2, 0) is 0 Å². The van der Waals surface area contributed by atoms with Crippen molar-refractivity contribution in [2.24, 2.45) is 0 Å². The second kappa shape index (κ2) is 12.7. The van der Waals surface area contributed by atoms with E-state index in [4.69, 9.17) is 16.4 Å². The van der Waals surface area contributed by atoms with Gasteiger partial charge >= 0.3 is 0 Å². The largest absolute Gasteiger partial charge is 0.309 e. The quantitative estimate of drug-likeness (QED) is 0.165. The third kappa shape index (κ3) is 5.10. The van der Waals surface area contributed by atoms with Gasteiger partial charge in [0.2, 0.25) is 0 Å². The van der Waals surface area contributed by atoms with Crippen LogP contribution in [0.1, 0.15) is 34.3 Å². The van der Waals surface area contributed by atoms with Crippen LogP contribution in [0.4, 0.5) is 0 Å². The van der Waals surface area contributed by atoms with Gasteiger partial charge in [0.1, 0.15) is 0 Å². The van der Waals surface area contributed by atoms with Gasteiger partial charge < -0.3 is 9.13 Å². The van der Waals surface area contributed by atoms with Gasteiger partial charge in [0.15, 0.2) is 0 Å².